The van der Waals surface area contributed by atoms with Crippen molar-refractivity contribution in [2.45, 2.75) is 64.6 Å². The summed E-state index contributed by atoms with van der Waals surface area (Å²) in [4.78, 5) is 22.4. The smallest absolute Gasteiger partial charge is 0.330 e. The van der Waals surface area contributed by atoms with Gasteiger partial charge >= 0.3 is 11.9 Å². The summed E-state index contributed by atoms with van der Waals surface area (Å²) in [7, 11) is 0. The molecule has 0 radical (unpaired) electrons. The van der Waals surface area contributed by atoms with Gasteiger partial charge in [-0.25, -0.2) is 18.4 Å². The highest BCUT2D eigenvalue weighted by molar-refractivity contribution is 5.81. The second-order valence-electron chi connectivity index (χ2n) is 16.5. The van der Waals surface area contributed by atoms with Crippen LogP contribution < -0.4 is 0 Å². The molecule has 2 aliphatic rings. The van der Waals surface area contributed by atoms with Crippen LogP contribution in [-0.2, 0) is 51.2 Å². The molecular formula is C60H58F2O8. The highest BCUT2D eigenvalue weighted by atomic mass is 19.1. The zero-order valence-corrected chi connectivity index (χ0v) is 39.5. The van der Waals surface area contributed by atoms with E-state index in [2.05, 4.69) is 73.7 Å². The van der Waals surface area contributed by atoms with Crippen molar-refractivity contribution >= 4 is 11.9 Å². The van der Waals surface area contributed by atoms with Crippen molar-refractivity contribution in [3.63, 3.8) is 0 Å². The summed E-state index contributed by atoms with van der Waals surface area (Å²) in [5, 5.41) is 0. The molecule has 4 aromatic carbocycles. The van der Waals surface area contributed by atoms with Gasteiger partial charge in [-0.15, -0.1) is 0 Å². The first kappa shape index (κ1) is 53.4. The summed E-state index contributed by atoms with van der Waals surface area (Å²) in [6.45, 7) is 15.7. The average Bonchev–Trinajstić information content (AvgIpc) is 3.39. The Morgan fingerprint density at radius 3 is 1.21 bits per heavy atom. The fourth-order valence-corrected chi connectivity index (χ4v) is 7.38. The van der Waals surface area contributed by atoms with E-state index < -0.39 is 0 Å². The normalized spacial score (nSPS) is 16.6. The standard InChI is InChI=1S/2C30H29FO4/c2*1-3-30(32)35-21-27-13-8-23(9-14-27)5-10-25-16-18-28(29(31)19-25)17-15-24-6-11-26(12-7-24)20-34-22-33-4-2/h2*3-4,6-7,11-12,16,18-19,23,27H,1-2,8-9,13-14,20-22H2. The number of carbonyl (C=O) groups is 2. The van der Waals surface area contributed by atoms with Gasteiger partial charge in [-0.2, -0.15) is 0 Å². The summed E-state index contributed by atoms with van der Waals surface area (Å²) >= 11 is 0. The van der Waals surface area contributed by atoms with E-state index in [1.165, 1.54) is 36.8 Å². The van der Waals surface area contributed by atoms with Crippen LogP contribution in [0.5, 0.6) is 0 Å². The number of rotatable bonds is 16. The third-order valence-corrected chi connectivity index (χ3v) is 11.4. The molecule has 0 atom stereocenters. The van der Waals surface area contributed by atoms with Gasteiger partial charge in [0, 0.05) is 46.2 Å². The molecule has 0 aromatic heterocycles. The number of carbonyl (C=O) groups excluding carboxylic acids is 2. The maximum atomic E-state index is 14.6. The fraction of sp³-hybridized carbons (Fsp3) is 0.300. The predicted octanol–water partition coefficient (Wildman–Crippen LogP) is 11.5. The molecule has 6 rings (SSSR count). The molecule has 2 fully saturated rings. The van der Waals surface area contributed by atoms with Gasteiger partial charge in [0.25, 0.3) is 0 Å². The minimum absolute atomic E-state index is 0.154. The molecule has 10 heteroatoms. The summed E-state index contributed by atoms with van der Waals surface area (Å²) < 4.78 is 59.9. The summed E-state index contributed by atoms with van der Waals surface area (Å²) in [5.41, 5.74) is 5.49. The van der Waals surface area contributed by atoms with Crippen LogP contribution in [0.4, 0.5) is 8.78 Å². The molecule has 0 aliphatic heterocycles. The van der Waals surface area contributed by atoms with E-state index in [1.54, 1.807) is 24.3 Å². The predicted molar refractivity (Wildman–Crippen MR) is 266 cm³/mol. The Bertz CT molecular complexity index is 2460. The van der Waals surface area contributed by atoms with Gasteiger partial charge in [0.15, 0.2) is 13.6 Å². The van der Waals surface area contributed by atoms with E-state index in [1.807, 2.05) is 48.5 Å². The first-order chi connectivity index (χ1) is 34.1. The van der Waals surface area contributed by atoms with Gasteiger partial charge < -0.3 is 28.4 Å². The largest absolute Gasteiger partial charge is 0.476 e. The van der Waals surface area contributed by atoms with Crippen molar-refractivity contribution in [1.82, 2.24) is 0 Å². The monoisotopic (exact) mass is 944 g/mol. The molecule has 0 saturated heterocycles. The Morgan fingerprint density at radius 2 is 0.871 bits per heavy atom. The van der Waals surface area contributed by atoms with Gasteiger partial charge in [0.05, 0.1) is 50.1 Å². The molecule has 360 valence electrons. The lowest BCUT2D eigenvalue weighted by Gasteiger charge is -2.24. The van der Waals surface area contributed by atoms with Crippen molar-refractivity contribution in [2.24, 2.45) is 23.7 Å². The molecule has 2 aliphatic carbocycles. The van der Waals surface area contributed by atoms with E-state index in [4.69, 9.17) is 28.4 Å². The Labute approximate surface area is 411 Å². The van der Waals surface area contributed by atoms with Crippen LogP contribution in [0, 0.1) is 82.7 Å². The minimum atomic E-state index is -0.385. The van der Waals surface area contributed by atoms with Crippen molar-refractivity contribution < 1.29 is 46.8 Å². The maximum Gasteiger partial charge on any atom is 0.330 e. The zero-order valence-electron chi connectivity index (χ0n) is 39.5. The van der Waals surface area contributed by atoms with Crippen LogP contribution >= 0.6 is 0 Å². The van der Waals surface area contributed by atoms with Crippen LogP contribution in [0.15, 0.2) is 136 Å². The van der Waals surface area contributed by atoms with Crippen LogP contribution in [0.3, 0.4) is 0 Å². The minimum Gasteiger partial charge on any atom is -0.476 e. The second-order valence-corrected chi connectivity index (χ2v) is 16.5. The molecule has 0 unspecified atom stereocenters. The Hall–Kier alpha value is -7.60. The maximum absolute atomic E-state index is 14.6. The Balaban J connectivity index is 0.000000261. The fourth-order valence-electron chi connectivity index (χ4n) is 7.38. The average molecular weight is 945 g/mol. The number of hydrogen-bond acceptors (Lipinski definition) is 8. The quantitative estimate of drug-likeness (QED) is 0.0274. The summed E-state index contributed by atoms with van der Waals surface area (Å²) in [6.07, 6.45) is 12.7. The topological polar surface area (TPSA) is 89.5 Å². The van der Waals surface area contributed by atoms with E-state index in [0.29, 0.717) is 60.5 Å². The van der Waals surface area contributed by atoms with E-state index in [0.717, 1.165) is 73.6 Å². The molecule has 0 spiro atoms. The Morgan fingerprint density at radius 1 is 0.500 bits per heavy atom. The number of benzene rings is 4. The van der Waals surface area contributed by atoms with Crippen LogP contribution in [-0.4, -0.2) is 38.7 Å². The van der Waals surface area contributed by atoms with Gasteiger partial charge in [-0.1, -0.05) is 97.9 Å². The van der Waals surface area contributed by atoms with Gasteiger partial charge in [-0.3, -0.25) is 0 Å². The number of hydrogen-bond donors (Lipinski definition) is 0. The van der Waals surface area contributed by atoms with Gasteiger partial charge in [0.1, 0.15) is 11.6 Å². The Kier molecular flexibility index (Phi) is 22.9. The number of halogens is 2. The molecule has 0 N–H and O–H groups in total. The molecule has 0 heterocycles. The zero-order chi connectivity index (χ0) is 49.8. The molecule has 70 heavy (non-hydrogen) atoms. The van der Waals surface area contributed by atoms with Gasteiger partial charge in [-0.05, 0) is 135 Å². The molecule has 0 bridgehead atoms. The third-order valence-electron chi connectivity index (χ3n) is 11.4. The highest BCUT2D eigenvalue weighted by Crippen LogP contribution is 2.30. The molecule has 8 nitrogen and oxygen atoms in total. The first-order valence-corrected chi connectivity index (χ1v) is 23.2. The van der Waals surface area contributed by atoms with Crippen molar-refractivity contribution in [3.05, 3.63) is 192 Å². The number of esters is 2. The lowest BCUT2D eigenvalue weighted by molar-refractivity contribution is -0.140. The summed E-state index contributed by atoms with van der Waals surface area (Å²) in [6, 6.07) is 24.9. The lowest BCUT2D eigenvalue weighted by atomic mass is 9.82. The summed E-state index contributed by atoms with van der Waals surface area (Å²) in [5.74, 6) is 24.3. The van der Waals surface area contributed by atoms with Crippen LogP contribution in [0.1, 0.15) is 95.9 Å². The number of ether oxygens (including phenoxy) is 6. The molecule has 0 amide bonds. The first-order valence-electron chi connectivity index (χ1n) is 23.2. The lowest BCUT2D eigenvalue weighted by Crippen LogP contribution is -2.19. The highest BCUT2D eigenvalue weighted by Gasteiger charge is 2.22. The van der Waals surface area contributed by atoms with Crippen LogP contribution in [0.2, 0.25) is 0 Å². The third kappa shape index (κ3) is 19.6. The second kappa shape index (κ2) is 30.0. The van der Waals surface area contributed by atoms with E-state index in [9.17, 15) is 18.4 Å². The van der Waals surface area contributed by atoms with Gasteiger partial charge in [0.2, 0.25) is 0 Å². The van der Waals surface area contributed by atoms with E-state index >= 15 is 0 Å². The molecule has 4 aromatic rings. The van der Waals surface area contributed by atoms with Crippen molar-refractivity contribution in [3.8, 4) is 47.4 Å². The van der Waals surface area contributed by atoms with Crippen molar-refractivity contribution in [1.29, 1.82) is 0 Å². The SMILES string of the molecule is C=COCOCc1ccc(C#Cc2ccc(C#CC3CCC(COC(=O)C=C)CC3)cc2F)cc1.C=COCOCc1ccc(C#Cc2ccc(C#CC3CCC(COC(=O)C=C)CC3)cc2F)cc1. The molecule has 2 saturated carbocycles. The van der Waals surface area contributed by atoms with Crippen LogP contribution in [0.25, 0.3) is 0 Å². The van der Waals surface area contributed by atoms with Crippen molar-refractivity contribution in [2.75, 3.05) is 26.8 Å². The molecular weight excluding hydrogens is 887 g/mol. The van der Waals surface area contributed by atoms with E-state index in [-0.39, 0.29) is 49.0 Å².